The summed E-state index contributed by atoms with van der Waals surface area (Å²) in [5.74, 6) is 0.136. The number of sulfonamides is 1. The van der Waals surface area contributed by atoms with Crippen LogP contribution in [0.25, 0.3) is 0 Å². The summed E-state index contributed by atoms with van der Waals surface area (Å²) in [5, 5.41) is 18.2. The number of carbonyl (C=O) groups is 1. The zero-order chi connectivity index (χ0) is 22.9. The molecule has 3 unspecified atom stereocenters. The number of hydrogen-bond donors (Lipinski definition) is 0. The molecular formula is C23H29N5O3S. The molecule has 2 aliphatic rings. The Balaban J connectivity index is 1.63. The Hall–Kier alpha value is -2.57. The van der Waals surface area contributed by atoms with Crippen molar-refractivity contribution in [3.63, 3.8) is 0 Å². The van der Waals surface area contributed by atoms with Gasteiger partial charge in [-0.15, -0.1) is 10.2 Å². The molecule has 8 nitrogen and oxygen atoms in total. The number of hydrogen-bond acceptors (Lipinski definition) is 6. The summed E-state index contributed by atoms with van der Waals surface area (Å²) in [4.78, 5) is 13.4. The van der Waals surface area contributed by atoms with Crippen molar-refractivity contribution in [2.24, 2.45) is 11.8 Å². The molecule has 3 heterocycles. The van der Waals surface area contributed by atoms with E-state index in [1.165, 1.54) is 16.4 Å². The van der Waals surface area contributed by atoms with Crippen LogP contribution in [0.15, 0.2) is 29.2 Å². The SMILES string of the molecule is CC1CC(C)CN(S(=O)(=O)c2cccc(C(=O)C(C#N)c3nnc4n3CCCCC4)c2)C1. The van der Waals surface area contributed by atoms with Gasteiger partial charge < -0.3 is 4.57 Å². The van der Waals surface area contributed by atoms with E-state index in [1.807, 2.05) is 4.57 Å². The van der Waals surface area contributed by atoms with Crippen LogP contribution in [0.5, 0.6) is 0 Å². The molecule has 0 radical (unpaired) electrons. The molecular weight excluding hydrogens is 426 g/mol. The van der Waals surface area contributed by atoms with Gasteiger partial charge in [0.15, 0.2) is 17.5 Å². The molecule has 0 bridgehead atoms. The van der Waals surface area contributed by atoms with E-state index < -0.39 is 21.7 Å². The second-order valence-electron chi connectivity index (χ2n) is 9.16. The Labute approximate surface area is 189 Å². The van der Waals surface area contributed by atoms with Gasteiger partial charge in [-0.1, -0.05) is 32.4 Å². The molecule has 1 aromatic carbocycles. The van der Waals surface area contributed by atoms with Gasteiger partial charge in [-0.25, -0.2) is 8.42 Å². The summed E-state index contributed by atoms with van der Waals surface area (Å²) >= 11 is 0. The average molecular weight is 456 g/mol. The van der Waals surface area contributed by atoms with Crippen molar-refractivity contribution < 1.29 is 13.2 Å². The molecule has 1 saturated heterocycles. The fourth-order valence-electron chi connectivity index (χ4n) is 4.88. The molecule has 2 aromatic rings. The van der Waals surface area contributed by atoms with Gasteiger partial charge in [0.1, 0.15) is 5.82 Å². The van der Waals surface area contributed by atoms with E-state index in [0.717, 1.165) is 37.9 Å². The maximum absolute atomic E-state index is 13.3. The second-order valence-corrected chi connectivity index (χ2v) is 11.1. The van der Waals surface area contributed by atoms with E-state index in [4.69, 9.17) is 0 Å². The van der Waals surface area contributed by atoms with Crippen LogP contribution in [0.1, 0.15) is 67.5 Å². The smallest absolute Gasteiger partial charge is 0.243 e. The third kappa shape index (κ3) is 4.34. The lowest BCUT2D eigenvalue weighted by Crippen LogP contribution is -2.42. The number of fused-ring (bicyclic) bond motifs is 1. The highest BCUT2D eigenvalue weighted by Crippen LogP contribution is 2.28. The summed E-state index contributed by atoms with van der Waals surface area (Å²) in [6, 6.07) is 8.11. The van der Waals surface area contributed by atoms with Gasteiger partial charge in [-0.3, -0.25) is 4.79 Å². The van der Waals surface area contributed by atoms with E-state index >= 15 is 0 Å². The highest BCUT2D eigenvalue weighted by molar-refractivity contribution is 7.89. The van der Waals surface area contributed by atoms with E-state index in [9.17, 15) is 18.5 Å². The number of aryl methyl sites for hydroxylation is 1. The predicted octanol–water partition coefficient (Wildman–Crippen LogP) is 3.16. The maximum Gasteiger partial charge on any atom is 0.243 e. The normalized spacial score (nSPS) is 23.0. The maximum atomic E-state index is 13.3. The van der Waals surface area contributed by atoms with Crippen LogP contribution in [0.4, 0.5) is 0 Å². The van der Waals surface area contributed by atoms with Gasteiger partial charge in [0.2, 0.25) is 10.0 Å². The zero-order valence-electron chi connectivity index (χ0n) is 18.6. The number of nitriles is 1. The first-order chi connectivity index (χ1) is 15.3. The molecule has 0 N–H and O–H groups in total. The minimum absolute atomic E-state index is 0.0846. The third-order valence-corrected chi connectivity index (χ3v) is 8.21. The van der Waals surface area contributed by atoms with Gasteiger partial charge in [-0.05, 0) is 43.2 Å². The number of benzene rings is 1. The van der Waals surface area contributed by atoms with Crippen molar-refractivity contribution in [3.05, 3.63) is 41.5 Å². The first kappa shape index (κ1) is 22.6. The van der Waals surface area contributed by atoms with E-state index in [1.54, 1.807) is 12.1 Å². The molecule has 2 aliphatic heterocycles. The van der Waals surface area contributed by atoms with Gasteiger partial charge in [0.25, 0.3) is 0 Å². The molecule has 32 heavy (non-hydrogen) atoms. The number of Topliss-reactive ketones (excluding diaryl/α,β-unsaturated/α-hetero) is 1. The first-order valence-electron chi connectivity index (χ1n) is 11.3. The fraction of sp³-hybridized carbons (Fsp3) is 0.565. The lowest BCUT2D eigenvalue weighted by atomic mass is 9.94. The van der Waals surface area contributed by atoms with E-state index in [2.05, 4.69) is 30.1 Å². The number of ketones is 1. The number of aromatic nitrogens is 3. The van der Waals surface area contributed by atoms with Crippen molar-refractivity contribution in [1.29, 1.82) is 5.26 Å². The van der Waals surface area contributed by atoms with Crippen molar-refractivity contribution in [1.82, 2.24) is 19.1 Å². The lowest BCUT2D eigenvalue weighted by Gasteiger charge is -2.34. The van der Waals surface area contributed by atoms with Crippen LogP contribution in [-0.4, -0.2) is 46.4 Å². The minimum Gasteiger partial charge on any atom is -0.313 e. The predicted molar refractivity (Wildman–Crippen MR) is 118 cm³/mol. The Morgan fingerprint density at radius 3 is 2.62 bits per heavy atom. The monoisotopic (exact) mass is 455 g/mol. The third-order valence-electron chi connectivity index (χ3n) is 6.38. The van der Waals surface area contributed by atoms with Crippen molar-refractivity contribution >= 4 is 15.8 Å². The number of carbonyl (C=O) groups excluding carboxylic acids is 1. The first-order valence-corrected chi connectivity index (χ1v) is 12.7. The number of rotatable bonds is 5. The summed E-state index contributed by atoms with van der Waals surface area (Å²) in [5.41, 5.74) is 0.196. The average Bonchev–Trinajstić information content (AvgIpc) is 3.01. The summed E-state index contributed by atoms with van der Waals surface area (Å²) in [7, 11) is -3.72. The van der Waals surface area contributed by atoms with E-state index in [0.29, 0.717) is 25.5 Å². The molecule has 1 aromatic heterocycles. The zero-order valence-corrected chi connectivity index (χ0v) is 19.4. The van der Waals surface area contributed by atoms with Crippen LogP contribution < -0.4 is 0 Å². The van der Waals surface area contributed by atoms with Crippen LogP contribution in [0.3, 0.4) is 0 Å². The lowest BCUT2D eigenvalue weighted by molar-refractivity contribution is 0.0974. The number of nitrogens with zero attached hydrogens (tertiary/aromatic N) is 5. The van der Waals surface area contributed by atoms with Crippen LogP contribution in [-0.2, 0) is 23.0 Å². The molecule has 170 valence electrons. The quantitative estimate of drug-likeness (QED) is 0.641. The molecule has 1 fully saturated rings. The van der Waals surface area contributed by atoms with E-state index in [-0.39, 0.29) is 22.3 Å². The van der Waals surface area contributed by atoms with Crippen LogP contribution >= 0.6 is 0 Å². The Morgan fingerprint density at radius 2 is 1.91 bits per heavy atom. The molecule has 0 amide bonds. The fourth-order valence-corrected chi connectivity index (χ4v) is 6.61. The second kappa shape index (κ2) is 9.12. The molecule has 0 saturated carbocycles. The number of piperidine rings is 1. The van der Waals surface area contributed by atoms with Gasteiger partial charge in [0, 0.05) is 31.6 Å². The minimum atomic E-state index is -3.72. The molecule has 4 rings (SSSR count). The van der Waals surface area contributed by atoms with Gasteiger partial charge in [-0.2, -0.15) is 9.57 Å². The highest BCUT2D eigenvalue weighted by atomic mass is 32.2. The molecule has 0 spiro atoms. The van der Waals surface area contributed by atoms with Gasteiger partial charge >= 0.3 is 0 Å². The summed E-state index contributed by atoms with van der Waals surface area (Å²) in [6.45, 7) is 5.73. The summed E-state index contributed by atoms with van der Waals surface area (Å²) in [6.07, 6.45) is 4.81. The Morgan fingerprint density at radius 1 is 1.16 bits per heavy atom. The Kier molecular flexibility index (Phi) is 6.45. The highest BCUT2D eigenvalue weighted by Gasteiger charge is 2.33. The van der Waals surface area contributed by atoms with Crippen molar-refractivity contribution in [2.45, 2.75) is 63.3 Å². The standard InChI is InChI=1S/C23H29N5O3S/c1-16-11-17(2)15-27(14-16)32(30,31)19-8-6-7-18(12-19)22(29)20(13-24)23-26-25-21-9-4-3-5-10-28(21)23/h6-8,12,16-17,20H,3-5,9-11,14-15H2,1-2H3. The van der Waals surface area contributed by atoms with Crippen LogP contribution in [0, 0.1) is 23.2 Å². The largest absolute Gasteiger partial charge is 0.313 e. The van der Waals surface area contributed by atoms with Gasteiger partial charge in [0.05, 0.1) is 11.0 Å². The van der Waals surface area contributed by atoms with Crippen molar-refractivity contribution in [2.75, 3.05) is 13.1 Å². The summed E-state index contributed by atoms with van der Waals surface area (Å²) < 4.78 is 29.9. The topological polar surface area (TPSA) is 109 Å². The van der Waals surface area contributed by atoms with Crippen LogP contribution in [0.2, 0.25) is 0 Å². The molecule has 9 heteroatoms. The molecule has 0 aliphatic carbocycles. The molecule has 3 atom stereocenters. The Bertz CT molecular complexity index is 1140. The van der Waals surface area contributed by atoms with Crippen molar-refractivity contribution in [3.8, 4) is 6.07 Å².